The smallest absolute Gasteiger partial charge is 0.139 e. The summed E-state index contributed by atoms with van der Waals surface area (Å²) in [5.41, 5.74) is 7.20. The van der Waals surface area contributed by atoms with E-state index in [2.05, 4.69) is 10.1 Å². The lowest BCUT2D eigenvalue weighted by atomic mass is 9.99. The minimum atomic E-state index is 0.589. The van der Waals surface area contributed by atoms with Crippen molar-refractivity contribution in [1.82, 2.24) is 9.97 Å². The predicted octanol–water partition coefficient (Wildman–Crippen LogP) is 5.09. The van der Waals surface area contributed by atoms with E-state index in [9.17, 15) is 5.21 Å². The van der Waals surface area contributed by atoms with Crippen molar-refractivity contribution >= 4 is 28.3 Å². The van der Waals surface area contributed by atoms with E-state index in [0.717, 1.165) is 44.7 Å². The molecule has 2 N–H and O–H groups in total. The lowest BCUT2D eigenvalue weighted by molar-refractivity contribution is 0.320. The average Bonchev–Trinajstić information content (AvgIpc) is 3.19. The maximum absolute atomic E-state index is 9.52. The van der Waals surface area contributed by atoms with Gasteiger partial charge in [-0.05, 0) is 23.8 Å². The first kappa shape index (κ1) is 14.3. The molecular weight excluding hydrogens is 334 g/mol. The van der Waals surface area contributed by atoms with Crippen LogP contribution in [0.1, 0.15) is 11.1 Å². The van der Waals surface area contributed by atoms with Gasteiger partial charge in [-0.1, -0.05) is 59.2 Å². The molecule has 3 aromatic carbocycles. The molecule has 0 bridgehead atoms. The van der Waals surface area contributed by atoms with Gasteiger partial charge in [-0.25, -0.2) is 4.98 Å². The second-order valence-electron chi connectivity index (χ2n) is 5.97. The Hall–Kier alpha value is -3.11. The maximum atomic E-state index is 9.52. The van der Waals surface area contributed by atoms with E-state index in [1.54, 1.807) is 0 Å². The Morgan fingerprint density at radius 1 is 0.880 bits per heavy atom. The van der Waals surface area contributed by atoms with E-state index in [1.165, 1.54) is 0 Å². The number of halogens is 1. The molecule has 0 unspecified atom stereocenters. The molecule has 120 valence electrons. The Morgan fingerprint density at radius 2 is 1.64 bits per heavy atom. The molecule has 0 radical (unpaired) electrons. The summed E-state index contributed by atoms with van der Waals surface area (Å²) in [6.45, 7) is 0. The second-order valence-corrected chi connectivity index (χ2v) is 6.41. The van der Waals surface area contributed by atoms with Crippen molar-refractivity contribution < 1.29 is 5.21 Å². The molecular formula is C20H12ClN3O. The van der Waals surface area contributed by atoms with Gasteiger partial charge in [-0.15, -0.1) is 0 Å². The lowest BCUT2D eigenvalue weighted by Crippen LogP contribution is -1.97. The Kier molecular flexibility index (Phi) is 2.96. The number of nitrogens with one attached hydrogen (secondary N) is 1. The van der Waals surface area contributed by atoms with E-state index in [4.69, 9.17) is 16.6 Å². The van der Waals surface area contributed by atoms with Crippen molar-refractivity contribution in [2.75, 3.05) is 0 Å². The zero-order valence-corrected chi connectivity index (χ0v) is 13.7. The lowest BCUT2D eigenvalue weighted by Gasteiger charge is -2.06. The van der Waals surface area contributed by atoms with E-state index in [0.29, 0.717) is 10.7 Å². The van der Waals surface area contributed by atoms with Crippen molar-refractivity contribution in [2.45, 2.75) is 0 Å². The molecule has 5 heteroatoms. The molecule has 0 saturated heterocycles. The van der Waals surface area contributed by atoms with Gasteiger partial charge in [0.2, 0.25) is 0 Å². The van der Waals surface area contributed by atoms with Crippen molar-refractivity contribution in [1.29, 1.82) is 0 Å². The highest BCUT2D eigenvalue weighted by molar-refractivity contribution is 6.31. The summed E-state index contributed by atoms with van der Waals surface area (Å²) in [6, 6.07) is 19.5. The zero-order valence-electron chi connectivity index (χ0n) is 13.0. The summed E-state index contributed by atoms with van der Waals surface area (Å²) < 4.78 is 0. The molecule has 4 nitrogen and oxygen atoms in total. The summed E-state index contributed by atoms with van der Waals surface area (Å²) in [6.07, 6.45) is 0. The molecule has 5 rings (SSSR count). The van der Waals surface area contributed by atoms with Gasteiger partial charge < -0.3 is 10.2 Å². The zero-order chi connectivity index (χ0) is 17.0. The van der Waals surface area contributed by atoms with Gasteiger partial charge in [0.15, 0.2) is 0 Å². The fraction of sp³-hybridized carbons (Fsp3) is 0. The standard InChI is InChI=1S/C20H12ClN3O/c21-11-8-9-16-17(10-11)23-20(22-16)15-7-3-6-14-18(15)12-4-1-2-5-13(12)19(14)24-25/h1-10,25H,(H,22,23)/b24-19+. The molecule has 0 saturated carbocycles. The number of H-pyrrole nitrogens is 1. The van der Waals surface area contributed by atoms with Crippen LogP contribution in [0.3, 0.4) is 0 Å². The number of imidazole rings is 1. The molecule has 1 aromatic heterocycles. The summed E-state index contributed by atoms with van der Waals surface area (Å²) in [5, 5.41) is 13.7. The van der Waals surface area contributed by atoms with E-state index < -0.39 is 0 Å². The summed E-state index contributed by atoms with van der Waals surface area (Å²) in [4.78, 5) is 8.06. The van der Waals surface area contributed by atoms with E-state index >= 15 is 0 Å². The number of oxime groups is 1. The van der Waals surface area contributed by atoms with Crippen molar-refractivity contribution in [3.05, 3.63) is 76.8 Å². The fourth-order valence-electron chi connectivity index (χ4n) is 3.51. The average molecular weight is 346 g/mol. The Bertz CT molecular complexity index is 1180. The van der Waals surface area contributed by atoms with Gasteiger partial charge in [0.05, 0.1) is 11.0 Å². The van der Waals surface area contributed by atoms with Crippen LogP contribution in [-0.2, 0) is 0 Å². The normalized spacial score (nSPS) is 14.0. The molecule has 0 spiro atoms. The number of hydrogen-bond acceptors (Lipinski definition) is 3. The van der Waals surface area contributed by atoms with Gasteiger partial charge in [0.25, 0.3) is 0 Å². The monoisotopic (exact) mass is 345 g/mol. The first-order valence-electron chi connectivity index (χ1n) is 7.87. The van der Waals surface area contributed by atoms with Crippen molar-refractivity contribution in [2.24, 2.45) is 5.16 Å². The number of hydrogen-bond donors (Lipinski definition) is 2. The predicted molar refractivity (Wildman–Crippen MR) is 99.4 cm³/mol. The van der Waals surface area contributed by atoms with Crippen LogP contribution in [-0.4, -0.2) is 20.9 Å². The quantitative estimate of drug-likeness (QED) is 0.328. The van der Waals surface area contributed by atoms with Gasteiger partial charge in [-0.3, -0.25) is 0 Å². The van der Waals surface area contributed by atoms with Crippen LogP contribution in [0.5, 0.6) is 0 Å². The minimum absolute atomic E-state index is 0.589. The number of nitrogens with zero attached hydrogens (tertiary/aromatic N) is 2. The van der Waals surface area contributed by atoms with Crippen LogP contribution in [0.25, 0.3) is 33.5 Å². The number of fused-ring (bicyclic) bond motifs is 4. The van der Waals surface area contributed by atoms with Gasteiger partial charge >= 0.3 is 0 Å². The highest BCUT2D eigenvalue weighted by Gasteiger charge is 2.28. The third-order valence-electron chi connectivity index (χ3n) is 4.57. The molecule has 25 heavy (non-hydrogen) atoms. The van der Waals surface area contributed by atoms with Gasteiger partial charge in [0.1, 0.15) is 11.5 Å². The van der Waals surface area contributed by atoms with Crippen LogP contribution in [0.15, 0.2) is 65.8 Å². The first-order chi connectivity index (χ1) is 12.3. The fourth-order valence-corrected chi connectivity index (χ4v) is 3.68. The molecule has 1 heterocycles. The van der Waals surface area contributed by atoms with Crippen LogP contribution in [0.2, 0.25) is 5.02 Å². The number of rotatable bonds is 1. The Morgan fingerprint density at radius 3 is 2.48 bits per heavy atom. The molecule has 1 aliphatic rings. The number of benzene rings is 3. The topological polar surface area (TPSA) is 61.3 Å². The molecule has 4 aromatic rings. The largest absolute Gasteiger partial charge is 0.410 e. The van der Waals surface area contributed by atoms with Crippen LogP contribution in [0.4, 0.5) is 0 Å². The summed E-state index contributed by atoms with van der Waals surface area (Å²) >= 11 is 6.08. The van der Waals surface area contributed by atoms with Gasteiger partial charge in [0, 0.05) is 27.3 Å². The number of aromatic amines is 1. The third kappa shape index (κ3) is 2.01. The molecule has 0 atom stereocenters. The number of aromatic nitrogens is 2. The van der Waals surface area contributed by atoms with Crippen LogP contribution >= 0.6 is 11.6 Å². The van der Waals surface area contributed by atoms with Gasteiger partial charge in [-0.2, -0.15) is 0 Å². The highest BCUT2D eigenvalue weighted by atomic mass is 35.5. The van der Waals surface area contributed by atoms with E-state index in [-0.39, 0.29) is 0 Å². The highest BCUT2D eigenvalue weighted by Crippen LogP contribution is 2.42. The van der Waals surface area contributed by atoms with Crippen molar-refractivity contribution in [3.8, 4) is 22.5 Å². The summed E-state index contributed by atoms with van der Waals surface area (Å²) in [5.74, 6) is 0.767. The second kappa shape index (κ2) is 5.19. The SMILES string of the molecule is O/N=C1\c2ccccc2-c2c1cccc2-c1nc2ccc(Cl)cc2[nH]1. The van der Waals surface area contributed by atoms with Crippen molar-refractivity contribution in [3.63, 3.8) is 0 Å². The first-order valence-corrected chi connectivity index (χ1v) is 8.25. The summed E-state index contributed by atoms with van der Waals surface area (Å²) in [7, 11) is 0. The third-order valence-corrected chi connectivity index (χ3v) is 4.81. The maximum Gasteiger partial charge on any atom is 0.139 e. The minimum Gasteiger partial charge on any atom is -0.410 e. The van der Waals surface area contributed by atoms with Crippen LogP contribution < -0.4 is 0 Å². The molecule has 0 fully saturated rings. The Labute approximate surface area is 148 Å². The molecule has 0 aliphatic heterocycles. The Balaban J connectivity index is 1.82. The van der Waals surface area contributed by atoms with E-state index in [1.807, 2.05) is 60.7 Å². The molecule has 1 aliphatic carbocycles. The van der Waals surface area contributed by atoms with Crippen LogP contribution in [0, 0.1) is 0 Å². The molecule has 0 amide bonds.